The van der Waals surface area contributed by atoms with Gasteiger partial charge in [-0.3, -0.25) is 14.9 Å². The van der Waals surface area contributed by atoms with Gasteiger partial charge in [0.1, 0.15) is 5.82 Å². The summed E-state index contributed by atoms with van der Waals surface area (Å²) in [5.41, 5.74) is -0.358. The quantitative estimate of drug-likeness (QED) is 0.515. The van der Waals surface area contributed by atoms with Crippen molar-refractivity contribution >= 4 is 11.6 Å². The van der Waals surface area contributed by atoms with Crippen LogP contribution in [-0.2, 0) is 4.79 Å². The van der Waals surface area contributed by atoms with Crippen molar-refractivity contribution in [2.45, 2.75) is 44.6 Å². The lowest BCUT2D eigenvalue weighted by Crippen LogP contribution is -2.37. The fourth-order valence-corrected chi connectivity index (χ4v) is 2.59. The van der Waals surface area contributed by atoms with E-state index in [0.29, 0.717) is 0 Å². The van der Waals surface area contributed by atoms with Crippen LogP contribution in [0.2, 0.25) is 0 Å². The van der Waals surface area contributed by atoms with Crippen molar-refractivity contribution in [2.75, 3.05) is 6.61 Å². The lowest BCUT2D eigenvalue weighted by Gasteiger charge is -2.16. The molecule has 0 saturated heterocycles. The Kier molecular flexibility index (Phi) is 5.68. The van der Waals surface area contributed by atoms with Crippen LogP contribution >= 0.6 is 0 Å². The zero-order valence-corrected chi connectivity index (χ0v) is 12.2. The number of nitro groups is 1. The van der Waals surface area contributed by atoms with Gasteiger partial charge in [0.15, 0.2) is 6.61 Å². The molecule has 0 atom stereocenters. The molecule has 120 valence electrons. The van der Waals surface area contributed by atoms with Crippen LogP contribution in [0.1, 0.15) is 38.5 Å². The molecule has 1 fully saturated rings. The number of benzene rings is 1. The zero-order valence-electron chi connectivity index (χ0n) is 12.2. The minimum atomic E-state index is -0.669. The number of halogens is 1. The normalized spacial score (nSPS) is 15.9. The van der Waals surface area contributed by atoms with Crippen LogP contribution in [0.4, 0.5) is 10.1 Å². The van der Waals surface area contributed by atoms with E-state index in [1.165, 1.54) is 12.8 Å². The van der Waals surface area contributed by atoms with Gasteiger partial charge in [-0.2, -0.15) is 0 Å². The molecule has 0 heterocycles. The Bertz CT molecular complexity index is 542. The van der Waals surface area contributed by atoms with E-state index in [1.807, 2.05) is 0 Å². The van der Waals surface area contributed by atoms with Crippen LogP contribution in [-0.4, -0.2) is 23.5 Å². The third kappa shape index (κ3) is 4.68. The summed E-state index contributed by atoms with van der Waals surface area (Å²) in [5, 5.41) is 13.7. The van der Waals surface area contributed by atoms with Gasteiger partial charge in [0.25, 0.3) is 5.91 Å². The highest BCUT2D eigenvalue weighted by Gasteiger charge is 2.19. The van der Waals surface area contributed by atoms with E-state index in [9.17, 15) is 19.3 Å². The fraction of sp³-hybridized carbons (Fsp3) is 0.533. The van der Waals surface area contributed by atoms with Crippen molar-refractivity contribution in [1.29, 1.82) is 0 Å². The maximum atomic E-state index is 13.1. The number of ether oxygens (including phenoxy) is 1. The third-order valence-electron chi connectivity index (χ3n) is 3.70. The first kappa shape index (κ1) is 16.2. The molecule has 1 aromatic carbocycles. The first-order valence-electron chi connectivity index (χ1n) is 7.42. The molecule has 1 N–H and O–H groups in total. The fourth-order valence-electron chi connectivity index (χ4n) is 2.59. The van der Waals surface area contributed by atoms with Gasteiger partial charge in [-0.05, 0) is 18.9 Å². The second-order valence-electron chi connectivity index (χ2n) is 5.41. The molecule has 1 aromatic rings. The second-order valence-corrected chi connectivity index (χ2v) is 5.41. The van der Waals surface area contributed by atoms with Gasteiger partial charge in [-0.15, -0.1) is 0 Å². The predicted molar refractivity (Wildman–Crippen MR) is 78.2 cm³/mol. The van der Waals surface area contributed by atoms with Gasteiger partial charge in [-0.1, -0.05) is 25.7 Å². The largest absolute Gasteiger partial charge is 0.477 e. The Morgan fingerprint density at radius 3 is 2.64 bits per heavy atom. The van der Waals surface area contributed by atoms with Crippen LogP contribution in [0.5, 0.6) is 5.75 Å². The van der Waals surface area contributed by atoms with E-state index in [4.69, 9.17) is 4.74 Å². The Hall–Kier alpha value is -2.18. The summed E-state index contributed by atoms with van der Waals surface area (Å²) < 4.78 is 18.3. The molecule has 1 amide bonds. The Balaban J connectivity index is 1.90. The predicted octanol–water partition coefficient (Wildman–Crippen LogP) is 2.95. The second kappa shape index (κ2) is 7.72. The van der Waals surface area contributed by atoms with Gasteiger partial charge in [0, 0.05) is 18.2 Å². The number of nitro benzene ring substituents is 1. The number of rotatable bonds is 5. The third-order valence-corrected chi connectivity index (χ3v) is 3.70. The van der Waals surface area contributed by atoms with Crippen LogP contribution in [0.25, 0.3) is 0 Å². The summed E-state index contributed by atoms with van der Waals surface area (Å²) in [6.07, 6.45) is 6.40. The molecular formula is C15H19FN2O4. The minimum Gasteiger partial charge on any atom is -0.477 e. The molecule has 1 aliphatic rings. The molecule has 1 aliphatic carbocycles. The summed E-state index contributed by atoms with van der Waals surface area (Å²) in [4.78, 5) is 22.0. The molecule has 6 nitrogen and oxygen atoms in total. The highest BCUT2D eigenvalue weighted by Crippen LogP contribution is 2.27. The van der Waals surface area contributed by atoms with Crippen molar-refractivity contribution < 1.29 is 18.8 Å². The number of hydrogen-bond acceptors (Lipinski definition) is 4. The number of carbonyl (C=O) groups excluding carboxylic acids is 1. The van der Waals surface area contributed by atoms with Gasteiger partial charge in [-0.25, -0.2) is 4.39 Å². The summed E-state index contributed by atoms with van der Waals surface area (Å²) in [7, 11) is 0. The summed E-state index contributed by atoms with van der Waals surface area (Å²) in [6.45, 7) is -0.360. The molecule has 0 spiro atoms. The maximum Gasteiger partial charge on any atom is 0.311 e. The molecule has 0 bridgehead atoms. The standard InChI is InChI=1S/C15H19FN2O4/c16-11-7-8-13(18(20)21)14(9-11)22-10-15(19)17-12-5-3-1-2-4-6-12/h7-9,12H,1-6,10H2,(H,17,19). The van der Waals surface area contributed by atoms with Gasteiger partial charge < -0.3 is 10.1 Å². The van der Waals surface area contributed by atoms with E-state index in [1.54, 1.807) is 0 Å². The zero-order chi connectivity index (χ0) is 15.9. The monoisotopic (exact) mass is 310 g/mol. The van der Waals surface area contributed by atoms with E-state index in [2.05, 4.69) is 5.32 Å². The van der Waals surface area contributed by atoms with Crippen molar-refractivity contribution in [1.82, 2.24) is 5.32 Å². The molecule has 2 rings (SSSR count). The average Bonchev–Trinajstić information content (AvgIpc) is 2.73. The van der Waals surface area contributed by atoms with Crippen molar-refractivity contribution in [3.63, 3.8) is 0 Å². The number of nitrogens with zero attached hydrogens (tertiary/aromatic N) is 1. The first-order valence-corrected chi connectivity index (χ1v) is 7.42. The van der Waals surface area contributed by atoms with Gasteiger partial charge in [0.05, 0.1) is 4.92 Å². The molecule has 0 aromatic heterocycles. The van der Waals surface area contributed by atoms with E-state index in [-0.39, 0.29) is 30.0 Å². The minimum absolute atomic E-state index is 0.126. The first-order chi connectivity index (χ1) is 10.6. The molecule has 0 unspecified atom stereocenters. The van der Waals surface area contributed by atoms with Crippen LogP contribution in [0.3, 0.4) is 0 Å². The maximum absolute atomic E-state index is 13.1. The highest BCUT2D eigenvalue weighted by atomic mass is 19.1. The molecule has 0 radical (unpaired) electrons. The smallest absolute Gasteiger partial charge is 0.311 e. The number of nitrogens with one attached hydrogen (secondary N) is 1. The number of amides is 1. The lowest BCUT2D eigenvalue weighted by molar-refractivity contribution is -0.385. The van der Waals surface area contributed by atoms with Crippen LogP contribution < -0.4 is 10.1 Å². The van der Waals surface area contributed by atoms with E-state index in [0.717, 1.165) is 43.9 Å². The molecule has 7 heteroatoms. The molecule has 0 aliphatic heterocycles. The van der Waals surface area contributed by atoms with E-state index < -0.39 is 10.7 Å². The summed E-state index contributed by atoms with van der Waals surface area (Å²) in [6, 6.07) is 3.04. The van der Waals surface area contributed by atoms with Gasteiger partial charge in [0.2, 0.25) is 5.75 Å². The average molecular weight is 310 g/mol. The van der Waals surface area contributed by atoms with Crippen LogP contribution in [0.15, 0.2) is 18.2 Å². The Labute approximate surface area is 127 Å². The molecule has 1 saturated carbocycles. The van der Waals surface area contributed by atoms with Crippen LogP contribution in [0, 0.1) is 15.9 Å². The van der Waals surface area contributed by atoms with Crippen molar-refractivity contribution in [2.24, 2.45) is 0 Å². The van der Waals surface area contributed by atoms with Gasteiger partial charge >= 0.3 is 5.69 Å². The molecular weight excluding hydrogens is 291 g/mol. The topological polar surface area (TPSA) is 81.5 Å². The number of carbonyl (C=O) groups is 1. The van der Waals surface area contributed by atoms with Crippen molar-refractivity contribution in [3.8, 4) is 5.75 Å². The molecule has 22 heavy (non-hydrogen) atoms. The van der Waals surface area contributed by atoms with Crippen molar-refractivity contribution in [3.05, 3.63) is 34.1 Å². The summed E-state index contributed by atoms with van der Waals surface area (Å²) in [5.74, 6) is -1.23. The Morgan fingerprint density at radius 1 is 1.32 bits per heavy atom. The van der Waals surface area contributed by atoms with E-state index >= 15 is 0 Å². The summed E-state index contributed by atoms with van der Waals surface area (Å²) >= 11 is 0. The SMILES string of the molecule is O=C(COc1cc(F)ccc1[N+](=O)[O-])NC1CCCCCC1. The number of hydrogen-bond donors (Lipinski definition) is 1. The lowest BCUT2D eigenvalue weighted by atomic mass is 10.1. The highest BCUT2D eigenvalue weighted by molar-refractivity contribution is 5.78. The Morgan fingerprint density at radius 2 is 2.00 bits per heavy atom.